The Morgan fingerprint density at radius 3 is 2.73 bits per heavy atom. The van der Waals surface area contributed by atoms with Gasteiger partial charge in [-0.05, 0) is 42.8 Å². The van der Waals surface area contributed by atoms with E-state index in [1.54, 1.807) is 0 Å². The zero-order chi connectivity index (χ0) is 15.5. The van der Waals surface area contributed by atoms with E-state index in [1.807, 2.05) is 55.5 Å². The van der Waals surface area contributed by atoms with E-state index < -0.39 is 5.91 Å². The van der Waals surface area contributed by atoms with Crippen LogP contribution in [-0.4, -0.2) is 20.9 Å². The largest absolute Gasteiger partial charge is 0.364 e. The molecule has 2 N–H and O–H groups in total. The average Bonchev–Trinajstić information content (AvgIpc) is 2.52. The summed E-state index contributed by atoms with van der Waals surface area (Å²) in [5.41, 5.74) is 9.55. The third kappa shape index (κ3) is 2.98. The van der Waals surface area contributed by atoms with Crippen LogP contribution in [0.1, 0.15) is 27.4 Å². The smallest absolute Gasteiger partial charge is 0.268 e. The van der Waals surface area contributed by atoms with Gasteiger partial charge in [-0.1, -0.05) is 18.2 Å². The lowest BCUT2D eigenvalue weighted by Gasteiger charge is -2.01. The third-order valence-electron chi connectivity index (χ3n) is 3.18. The SMILES string of the molecule is Cc1cccc(/C=C\c2ccc3ncc(C(N)=O)nc3c2)n1. The molecule has 0 aliphatic carbocycles. The van der Waals surface area contributed by atoms with Gasteiger partial charge in [-0.2, -0.15) is 0 Å². The Morgan fingerprint density at radius 2 is 1.95 bits per heavy atom. The van der Waals surface area contributed by atoms with Crippen LogP contribution in [0.5, 0.6) is 0 Å². The van der Waals surface area contributed by atoms with E-state index in [1.165, 1.54) is 6.20 Å². The second kappa shape index (κ2) is 5.73. The fourth-order valence-electron chi connectivity index (χ4n) is 2.09. The van der Waals surface area contributed by atoms with Crippen molar-refractivity contribution in [3.8, 4) is 0 Å². The summed E-state index contributed by atoms with van der Waals surface area (Å²) >= 11 is 0. The number of nitrogens with two attached hydrogens (primary N) is 1. The summed E-state index contributed by atoms with van der Waals surface area (Å²) in [6.45, 7) is 1.95. The lowest BCUT2D eigenvalue weighted by Crippen LogP contribution is -2.13. The Labute approximate surface area is 127 Å². The number of aromatic nitrogens is 3. The molecular formula is C17H14N4O. The van der Waals surface area contributed by atoms with Crippen molar-refractivity contribution in [3.63, 3.8) is 0 Å². The lowest BCUT2D eigenvalue weighted by atomic mass is 10.1. The summed E-state index contributed by atoms with van der Waals surface area (Å²) in [6, 6.07) is 11.5. The predicted molar refractivity (Wildman–Crippen MR) is 86.0 cm³/mol. The van der Waals surface area contributed by atoms with E-state index >= 15 is 0 Å². The van der Waals surface area contributed by atoms with Gasteiger partial charge in [0.05, 0.1) is 22.9 Å². The van der Waals surface area contributed by atoms with Crippen LogP contribution < -0.4 is 5.73 Å². The number of amides is 1. The van der Waals surface area contributed by atoms with Gasteiger partial charge in [0.25, 0.3) is 5.91 Å². The first-order valence-electron chi connectivity index (χ1n) is 6.80. The molecule has 108 valence electrons. The van der Waals surface area contributed by atoms with Crippen LogP contribution in [0.4, 0.5) is 0 Å². The first-order valence-corrected chi connectivity index (χ1v) is 6.80. The standard InChI is InChI=1S/C17H14N4O/c1-11-3-2-4-13(20-11)7-5-12-6-8-14-15(9-12)21-16(10-19-14)17(18)22/h2-10H,1H3,(H2,18,22)/b7-5-. The topological polar surface area (TPSA) is 81.8 Å². The molecule has 2 heterocycles. The van der Waals surface area contributed by atoms with E-state index in [-0.39, 0.29) is 5.69 Å². The van der Waals surface area contributed by atoms with Gasteiger partial charge in [-0.15, -0.1) is 0 Å². The van der Waals surface area contributed by atoms with Crippen LogP contribution in [0.3, 0.4) is 0 Å². The van der Waals surface area contributed by atoms with Crippen molar-refractivity contribution in [2.24, 2.45) is 5.73 Å². The van der Waals surface area contributed by atoms with Crippen LogP contribution in [0, 0.1) is 6.92 Å². The highest BCUT2D eigenvalue weighted by Crippen LogP contribution is 2.14. The fraction of sp³-hybridized carbons (Fsp3) is 0.0588. The number of aryl methyl sites for hydroxylation is 1. The van der Waals surface area contributed by atoms with Crippen molar-refractivity contribution in [2.45, 2.75) is 6.92 Å². The van der Waals surface area contributed by atoms with Crippen LogP contribution in [0.25, 0.3) is 23.2 Å². The van der Waals surface area contributed by atoms with Gasteiger partial charge in [0.1, 0.15) is 5.69 Å². The maximum Gasteiger partial charge on any atom is 0.268 e. The second-order valence-corrected chi connectivity index (χ2v) is 4.90. The van der Waals surface area contributed by atoms with Gasteiger partial charge in [-0.3, -0.25) is 14.8 Å². The Balaban J connectivity index is 1.95. The molecular weight excluding hydrogens is 276 g/mol. The molecule has 2 aromatic heterocycles. The summed E-state index contributed by atoms with van der Waals surface area (Å²) in [4.78, 5) is 24.0. The molecule has 22 heavy (non-hydrogen) atoms. The molecule has 0 unspecified atom stereocenters. The lowest BCUT2D eigenvalue weighted by molar-refractivity contribution is 0.0995. The molecule has 3 rings (SSSR count). The van der Waals surface area contributed by atoms with Crippen molar-refractivity contribution in [1.29, 1.82) is 0 Å². The minimum atomic E-state index is -0.584. The monoisotopic (exact) mass is 290 g/mol. The molecule has 3 aromatic rings. The highest BCUT2D eigenvalue weighted by Gasteiger charge is 2.04. The third-order valence-corrected chi connectivity index (χ3v) is 3.18. The molecule has 0 atom stereocenters. The minimum Gasteiger partial charge on any atom is -0.364 e. The van der Waals surface area contributed by atoms with Gasteiger partial charge in [0.15, 0.2) is 0 Å². The molecule has 1 amide bonds. The van der Waals surface area contributed by atoms with Crippen molar-refractivity contribution < 1.29 is 4.79 Å². The van der Waals surface area contributed by atoms with Gasteiger partial charge in [0.2, 0.25) is 0 Å². The van der Waals surface area contributed by atoms with Gasteiger partial charge < -0.3 is 5.73 Å². The second-order valence-electron chi connectivity index (χ2n) is 4.90. The predicted octanol–water partition coefficient (Wildman–Crippen LogP) is 2.60. The number of nitrogens with zero attached hydrogens (tertiary/aromatic N) is 3. The number of pyridine rings is 1. The van der Waals surface area contributed by atoms with E-state index in [0.717, 1.165) is 22.5 Å². The highest BCUT2D eigenvalue weighted by molar-refractivity contribution is 5.92. The highest BCUT2D eigenvalue weighted by atomic mass is 16.1. The van der Waals surface area contributed by atoms with Crippen molar-refractivity contribution in [3.05, 3.63) is 65.2 Å². The van der Waals surface area contributed by atoms with Gasteiger partial charge in [0, 0.05) is 5.69 Å². The molecule has 0 radical (unpaired) electrons. The molecule has 5 heteroatoms. The number of benzene rings is 1. The number of primary amides is 1. The van der Waals surface area contributed by atoms with Crippen molar-refractivity contribution in [2.75, 3.05) is 0 Å². The van der Waals surface area contributed by atoms with Crippen LogP contribution in [-0.2, 0) is 0 Å². The Hall–Kier alpha value is -3.08. The van der Waals surface area contributed by atoms with Crippen LogP contribution in [0.15, 0.2) is 42.6 Å². The normalized spacial score (nSPS) is 11.1. The van der Waals surface area contributed by atoms with Crippen molar-refractivity contribution in [1.82, 2.24) is 15.0 Å². The maximum atomic E-state index is 11.2. The molecule has 0 aliphatic heterocycles. The zero-order valence-corrected chi connectivity index (χ0v) is 12.0. The summed E-state index contributed by atoms with van der Waals surface area (Å²) in [6.07, 6.45) is 5.26. The first kappa shape index (κ1) is 13.9. The molecule has 5 nitrogen and oxygen atoms in total. The van der Waals surface area contributed by atoms with Crippen LogP contribution in [0.2, 0.25) is 0 Å². The number of fused-ring (bicyclic) bond motifs is 1. The van der Waals surface area contributed by atoms with E-state index in [0.29, 0.717) is 5.52 Å². The average molecular weight is 290 g/mol. The Bertz CT molecular complexity index is 887. The Morgan fingerprint density at radius 1 is 1.09 bits per heavy atom. The summed E-state index contributed by atoms with van der Waals surface area (Å²) in [5, 5.41) is 0. The van der Waals surface area contributed by atoms with Gasteiger partial charge >= 0.3 is 0 Å². The fourth-order valence-corrected chi connectivity index (χ4v) is 2.09. The molecule has 0 spiro atoms. The molecule has 0 saturated heterocycles. The number of hydrogen-bond acceptors (Lipinski definition) is 4. The molecule has 0 fully saturated rings. The molecule has 0 saturated carbocycles. The van der Waals surface area contributed by atoms with Gasteiger partial charge in [-0.25, -0.2) is 4.98 Å². The maximum absolute atomic E-state index is 11.2. The van der Waals surface area contributed by atoms with E-state index in [2.05, 4.69) is 15.0 Å². The minimum absolute atomic E-state index is 0.161. The molecule has 1 aromatic carbocycles. The van der Waals surface area contributed by atoms with E-state index in [4.69, 9.17) is 5.73 Å². The van der Waals surface area contributed by atoms with Crippen LogP contribution >= 0.6 is 0 Å². The van der Waals surface area contributed by atoms with E-state index in [9.17, 15) is 4.79 Å². The first-order chi connectivity index (χ1) is 10.6. The number of hydrogen-bond donors (Lipinski definition) is 1. The Kier molecular flexibility index (Phi) is 3.62. The molecule has 0 aliphatic rings. The number of carbonyl (C=O) groups excluding carboxylic acids is 1. The molecule has 0 bridgehead atoms. The number of carbonyl (C=O) groups is 1. The summed E-state index contributed by atoms with van der Waals surface area (Å²) in [5.74, 6) is -0.584. The summed E-state index contributed by atoms with van der Waals surface area (Å²) < 4.78 is 0. The summed E-state index contributed by atoms with van der Waals surface area (Å²) in [7, 11) is 0. The quantitative estimate of drug-likeness (QED) is 0.803. The number of rotatable bonds is 3. The zero-order valence-electron chi connectivity index (χ0n) is 12.0. The van der Waals surface area contributed by atoms with Crippen molar-refractivity contribution >= 4 is 29.1 Å².